The molecule has 7 nitrogen and oxygen atoms in total. The molecule has 0 atom stereocenters. The lowest BCUT2D eigenvalue weighted by Gasteiger charge is -2.34. The van der Waals surface area contributed by atoms with Crippen molar-refractivity contribution in [3.05, 3.63) is 11.4 Å². The molecule has 1 aromatic rings. The molecule has 1 heterocycles. The summed E-state index contributed by atoms with van der Waals surface area (Å²) in [6.45, 7) is 7.67. The molecule has 0 saturated carbocycles. The Morgan fingerprint density at radius 2 is 1.95 bits per heavy atom. The molecular weight excluding hydrogens is 292 g/mol. The van der Waals surface area contributed by atoms with Gasteiger partial charge in [0.15, 0.2) is 5.69 Å². The molecule has 0 unspecified atom stereocenters. The van der Waals surface area contributed by atoms with Crippen molar-refractivity contribution in [3.8, 4) is 0 Å². The van der Waals surface area contributed by atoms with Gasteiger partial charge in [0, 0.05) is 12.6 Å². The molecule has 0 aliphatic heterocycles. The lowest BCUT2D eigenvalue weighted by molar-refractivity contribution is 0.0610. The van der Waals surface area contributed by atoms with E-state index in [2.05, 4.69) is 10.2 Å². The number of primary sulfonamides is 1. The van der Waals surface area contributed by atoms with Gasteiger partial charge in [-0.15, -0.1) is 0 Å². The maximum absolute atomic E-state index is 12.6. The first kappa shape index (κ1) is 17.6. The van der Waals surface area contributed by atoms with Gasteiger partial charge in [-0.1, -0.05) is 20.3 Å². The van der Waals surface area contributed by atoms with E-state index in [4.69, 9.17) is 5.14 Å². The van der Waals surface area contributed by atoms with E-state index < -0.39 is 21.5 Å². The van der Waals surface area contributed by atoms with E-state index in [0.29, 0.717) is 18.5 Å². The smallest absolute Gasteiger partial charge is 0.275 e. The molecule has 3 N–H and O–H groups in total. The van der Waals surface area contributed by atoms with E-state index in [-0.39, 0.29) is 10.6 Å². The van der Waals surface area contributed by atoms with E-state index in [0.717, 1.165) is 6.42 Å². The monoisotopic (exact) mass is 316 g/mol. The fourth-order valence-corrected chi connectivity index (χ4v) is 2.80. The molecule has 0 spiro atoms. The third-order valence-electron chi connectivity index (χ3n) is 3.86. The minimum absolute atomic E-state index is 0.134. The topological polar surface area (TPSA) is 109 Å². The first-order valence-electron chi connectivity index (χ1n) is 6.94. The predicted molar refractivity (Wildman–Crippen MR) is 80.4 cm³/mol. The van der Waals surface area contributed by atoms with Crippen molar-refractivity contribution in [3.63, 3.8) is 0 Å². The van der Waals surface area contributed by atoms with Crippen molar-refractivity contribution in [2.75, 3.05) is 7.05 Å². The number of nitrogens with one attached hydrogen (secondary N) is 1. The highest BCUT2D eigenvalue weighted by Crippen LogP contribution is 2.24. The third kappa shape index (κ3) is 3.62. The molecule has 0 saturated heterocycles. The number of hydrogen-bond donors (Lipinski definition) is 2. The van der Waals surface area contributed by atoms with Crippen LogP contribution < -0.4 is 5.14 Å². The molecule has 0 bridgehead atoms. The van der Waals surface area contributed by atoms with Crippen LogP contribution in [-0.4, -0.2) is 42.0 Å². The van der Waals surface area contributed by atoms with Gasteiger partial charge in [-0.3, -0.25) is 9.89 Å². The van der Waals surface area contributed by atoms with Gasteiger partial charge in [-0.05, 0) is 26.7 Å². The van der Waals surface area contributed by atoms with Crippen molar-refractivity contribution >= 4 is 15.9 Å². The number of amides is 1. The SMILES string of the molecule is CCCc1[nH]nc(C(=O)N(C)C(C)(C)CC)c1S(N)(=O)=O. The molecule has 1 aromatic heterocycles. The number of aromatic amines is 1. The van der Waals surface area contributed by atoms with Gasteiger partial charge >= 0.3 is 0 Å². The molecule has 1 rings (SSSR count). The molecule has 1 amide bonds. The Hall–Kier alpha value is -1.41. The summed E-state index contributed by atoms with van der Waals surface area (Å²) in [4.78, 5) is 13.9. The lowest BCUT2D eigenvalue weighted by atomic mass is 9.99. The van der Waals surface area contributed by atoms with E-state index in [1.165, 1.54) is 4.90 Å². The van der Waals surface area contributed by atoms with Crippen LogP contribution in [0.1, 0.15) is 56.7 Å². The standard InChI is InChI=1S/C13H24N4O3S/c1-6-8-9-11(21(14,19)20)10(16-15-9)12(18)17(5)13(3,4)7-2/h6-8H2,1-5H3,(H,15,16)(H2,14,19,20). The number of nitrogens with two attached hydrogens (primary N) is 1. The third-order valence-corrected chi connectivity index (χ3v) is 4.87. The van der Waals surface area contributed by atoms with Crippen LogP contribution in [0.15, 0.2) is 4.90 Å². The Morgan fingerprint density at radius 1 is 1.38 bits per heavy atom. The second-order valence-corrected chi connectivity index (χ2v) is 7.20. The Morgan fingerprint density at radius 3 is 2.38 bits per heavy atom. The number of aryl methyl sites for hydroxylation is 1. The second kappa shape index (κ2) is 6.15. The molecule has 21 heavy (non-hydrogen) atoms. The Labute approximate surface area is 126 Å². The van der Waals surface area contributed by atoms with Crippen molar-refractivity contribution < 1.29 is 13.2 Å². The molecule has 8 heteroatoms. The van der Waals surface area contributed by atoms with Crippen LogP contribution in [0.25, 0.3) is 0 Å². The average molecular weight is 316 g/mol. The van der Waals surface area contributed by atoms with E-state index in [1.807, 2.05) is 27.7 Å². The molecule has 0 fully saturated rings. The summed E-state index contributed by atoms with van der Waals surface area (Å²) >= 11 is 0. The Kier molecular flexibility index (Phi) is 5.16. The maximum Gasteiger partial charge on any atom is 0.275 e. The van der Waals surface area contributed by atoms with Crippen molar-refractivity contribution in [2.45, 2.75) is 57.4 Å². The van der Waals surface area contributed by atoms with Gasteiger partial charge in [-0.2, -0.15) is 5.10 Å². The van der Waals surface area contributed by atoms with Crippen molar-refractivity contribution in [2.24, 2.45) is 5.14 Å². The molecular formula is C13H24N4O3S. The van der Waals surface area contributed by atoms with Crippen LogP contribution >= 0.6 is 0 Å². The van der Waals surface area contributed by atoms with Crippen LogP contribution in [0, 0.1) is 0 Å². The van der Waals surface area contributed by atoms with Crippen LogP contribution in [0.3, 0.4) is 0 Å². The Balaban J connectivity index is 3.35. The zero-order valence-corrected chi connectivity index (χ0v) is 14.0. The first-order chi connectivity index (χ1) is 9.56. The number of rotatable bonds is 6. The lowest BCUT2D eigenvalue weighted by Crippen LogP contribution is -2.45. The minimum atomic E-state index is -4.01. The average Bonchev–Trinajstić information content (AvgIpc) is 2.81. The first-order valence-corrected chi connectivity index (χ1v) is 8.49. The highest BCUT2D eigenvalue weighted by molar-refractivity contribution is 7.89. The number of carbonyl (C=O) groups is 1. The fraction of sp³-hybridized carbons (Fsp3) is 0.692. The zero-order valence-electron chi connectivity index (χ0n) is 13.2. The minimum Gasteiger partial charge on any atom is -0.335 e. The highest BCUT2D eigenvalue weighted by Gasteiger charge is 2.33. The summed E-state index contributed by atoms with van der Waals surface area (Å²) in [6, 6.07) is 0. The van der Waals surface area contributed by atoms with Crippen LogP contribution in [0.4, 0.5) is 0 Å². The second-order valence-electron chi connectivity index (χ2n) is 5.71. The van der Waals surface area contributed by atoms with E-state index in [9.17, 15) is 13.2 Å². The van der Waals surface area contributed by atoms with E-state index >= 15 is 0 Å². The van der Waals surface area contributed by atoms with Gasteiger partial charge in [0.1, 0.15) is 4.90 Å². The maximum atomic E-state index is 12.6. The summed E-state index contributed by atoms with van der Waals surface area (Å²) in [5.41, 5.74) is -0.160. The largest absolute Gasteiger partial charge is 0.335 e. The zero-order chi connectivity index (χ0) is 16.4. The fourth-order valence-electron chi connectivity index (χ4n) is 1.91. The summed E-state index contributed by atoms with van der Waals surface area (Å²) in [5.74, 6) is -0.454. The number of carbonyl (C=O) groups excluding carboxylic acids is 1. The van der Waals surface area contributed by atoms with Crippen LogP contribution in [-0.2, 0) is 16.4 Å². The number of sulfonamides is 1. The summed E-state index contributed by atoms with van der Waals surface area (Å²) < 4.78 is 23.6. The van der Waals surface area contributed by atoms with Gasteiger partial charge in [0.25, 0.3) is 5.91 Å². The normalized spacial score (nSPS) is 12.5. The molecule has 0 aromatic carbocycles. The molecule has 120 valence electrons. The Bertz CT molecular complexity index is 619. The number of nitrogens with zero attached hydrogens (tertiary/aromatic N) is 2. The number of hydrogen-bond acceptors (Lipinski definition) is 4. The van der Waals surface area contributed by atoms with Crippen LogP contribution in [0.2, 0.25) is 0 Å². The molecule has 0 radical (unpaired) electrons. The summed E-state index contributed by atoms with van der Waals surface area (Å²) in [5, 5.41) is 11.8. The van der Waals surface area contributed by atoms with Gasteiger partial charge in [0.05, 0.1) is 5.69 Å². The van der Waals surface area contributed by atoms with Crippen molar-refractivity contribution in [1.82, 2.24) is 15.1 Å². The summed E-state index contributed by atoms with van der Waals surface area (Å²) in [7, 11) is -2.38. The predicted octanol–water partition coefficient (Wildman–Crippen LogP) is 1.27. The quantitative estimate of drug-likeness (QED) is 0.823. The summed E-state index contributed by atoms with van der Waals surface area (Å²) in [6.07, 6.45) is 1.91. The van der Waals surface area contributed by atoms with Crippen molar-refractivity contribution in [1.29, 1.82) is 0 Å². The van der Waals surface area contributed by atoms with Gasteiger partial charge in [-0.25, -0.2) is 13.6 Å². The van der Waals surface area contributed by atoms with Crippen LogP contribution in [0.5, 0.6) is 0 Å². The molecule has 0 aliphatic carbocycles. The van der Waals surface area contributed by atoms with Gasteiger partial charge in [0.2, 0.25) is 10.0 Å². The highest BCUT2D eigenvalue weighted by atomic mass is 32.2. The van der Waals surface area contributed by atoms with Gasteiger partial charge < -0.3 is 4.90 Å². The number of aromatic nitrogens is 2. The molecule has 0 aliphatic rings. The van der Waals surface area contributed by atoms with E-state index in [1.54, 1.807) is 7.05 Å². The number of H-pyrrole nitrogens is 1.